The van der Waals surface area contributed by atoms with E-state index in [0.717, 1.165) is 31.5 Å². The van der Waals surface area contributed by atoms with Gasteiger partial charge in [-0.05, 0) is 49.9 Å². The van der Waals surface area contributed by atoms with Crippen LogP contribution < -0.4 is 10.6 Å². The summed E-state index contributed by atoms with van der Waals surface area (Å²) in [6, 6.07) is 14.9. The molecule has 1 fully saturated rings. The van der Waals surface area contributed by atoms with Gasteiger partial charge < -0.3 is 15.5 Å². The highest BCUT2D eigenvalue weighted by atomic mass is 16.2. The van der Waals surface area contributed by atoms with Crippen molar-refractivity contribution in [3.8, 4) is 0 Å². The van der Waals surface area contributed by atoms with Crippen molar-refractivity contribution < 1.29 is 9.59 Å². The molecule has 5 nitrogen and oxygen atoms in total. The number of carbonyl (C=O) groups excluding carboxylic acids is 2. The fourth-order valence-corrected chi connectivity index (χ4v) is 3.07. The Morgan fingerprint density at radius 1 is 1.00 bits per heavy atom. The zero-order chi connectivity index (χ0) is 18.4. The average Bonchev–Trinajstić information content (AvgIpc) is 2.68. The van der Waals surface area contributed by atoms with E-state index in [2.05, 4.69) is 10.6 Å². The van der Waals surface area contributed by atoms with Gasteiger partial charge in [-0.2, -0.15) is 0 Å². The number of aryl methyl sites for hydroxylation is 1. The number of piperidine rings is 1. The first-order valence-corrected chi connectivity index (χ1v) is 9.11. The van der Waals surface area contributed by atoms with Gasteiger partial charge in [-0.1, -0.05) is 35.9 Å². The molecule has 0 unspecified atom stereocenters. The van der Waals surface area contributed by atoms with E-state index >= 15 is 0 Å². The third kappa shape index (κ3) is 4.85. The highest BCUT2D eigenvalue weighted by molar-refractivity contribution is 5.97. The van der Waals surface area contributed by atoms with Crippen LogP contribution in [-0.2, 0) is 6.54 Å². The summed E-state index contributed by atoms with van der Waals surface area (Å²) in [4.78, 5) is 26.6. The second-order valence-electron chi connectivity index (χ2n) is 6.73. The minimum atomic E-state index is -0.284. The Bertz CT molecular complexity index is 765. The lowest BCUT2D eigenvalue weighted by molar-refractivity contribution is 0.0724. The molecular formula is C21H25N3O2. The van der Waals surface area contributed by atoms with E-state index in [-0.39, 0.29) is 11.9 Å². The SMILES string of the molecule is Cc1ccc(CNC(=O)Nc2cccc(C(=O)N3CCCCC3)c2)cc1. The summed E-state index contributed by atoms with van der Waals surface area (Å²) in [5, 5.41) is 5.63. The van der Waals surface area contributed by atoms with Crippen LogP contribution in [0.25, 0.3) is 0 Å². The van der Waals surface area contributed by atoms with Crippen molar-refractivity contribution in [3.05, 3.63) is 65.2 Å². The van der Waals surface area contributed by atoms with Crippen LogP contribution >= 0.6 is 0 Å². The van der Waals surface area contributed by atoms with Crippen LogP contribution in [0.4, 0.5) is 10.5 Å². The van der Waals surface area contributed by atoms with E-state index in [4.69, 9.17) is 0 Å². The Balaban J connectivity index is 1.56. The number of likely N-dealkylation sites (tertiary alicyclic amines) is 1. The van der Waals surface area contributed by atoms with Crippen molar-refractivity contribution in [2.45, 2.75) is 32.7 Å². The first-order valence-electron chi connectivity index (χ1n) is 9.11. The van der Waals surface area contributed by atoms with E-state index in [1.54, 1.807) is 24.3 Å². The molecule has 1 aliphatic heterocycles. The quantitative estimate of drug-likeness (QED) is 0.876. The van der Waals surface area contributed by atoms with E-state index in [9.17, 15) is 9.59 Å². The predicted octanol–water partition coefficient (Wildman–Crippen LogP) is 3.94. The lowest BCUT2D eigenvalue weighted by Gasteiger charge is -2.26. The summed E-state index contributed by atoms with van der Waals surface area (Å²) in [6.45, 7) is 4.11. The lowest BCUT2D eigenvalue weighted by atomic mass is 10.1. The Kier molecular flexibility index (Phi) is 5.89. The Hall–Kier alpha value is -2.82. The van der Waals surface area contributed by atoms with Gasteiger partial charge in [-0.3, -0.25) is 4.79 Å². The first-order chi connectivity index (χ1) is 12.6. The number of amides is 3. The molecule has 3 rings (SSSR count). The number of nitrogens with zero attached hydrogens (tertiary/aromatic N) is 1. The van der Waals surface area contributed by atoms with Gasteiger partial charge in [0.2, 0.25) is 0 Å². The second-order valence-corrected chi connectivity index (χ2v) is 6.73. The molecule has 2 N–H and O–H groups in total. The Labute approximate surface area is 154 Å². The molecule has 5 heteroatoms. The number of anilines is 1. The van der Waals surface area contributed by atoms with Gasteiger partial charge in [0, 0.05) is 30.9 Å². The summed E-state index contributed by atoms with van der Waals surface area (Å²) in [6.07, 6.45) is 3.31. The monoisotopic (exact) mass is 351 g/mol. The van der Waals surface area contributed by atoms with E-state index in [1.165, 1.54) is 12.0 Å². The topological polar surface area (TPSA) is 61.4 Å². The molecule has 0 aliphatic carbocycles. The smallest absolute Gasteiger partial charge is 0.319 e. The summed E-state index contributed by atoms with van der Waals surface area (Å²) < 4.78 is 0. The number of nitrogens with one attached hydrogen (secondary N) is 2. The molecule has 2 aromatic rings. The van der Waals surface area contributed by atoms with Gasteiger partial charge in [-0.15, -0.1) is 0 Å². The molecule has 1 aliphatic rings. The van der Waals surface area contributed by atoms with Crippen molar-refractivity contribution in [3.63, 3.8) is 0 Å². The first kappa shape index (κ1) is 18.0. The molecule has 0 radical (unpaired) electrons. The van der Waals surface area contributed by atoms with E-state index < -0.39 is 0 Å². The molecular weight excluding hydrogens is 326 g/mol. The fourth-order valence-electron chi connectivity index (χ4n) is 3.07. The van der Waals surface area contributed by atoms with Crippen LogP contribution in [0.1, 0.15) is 40.7 Å². The molecule has 136 valence electrons. The minimum absolute atomic E-state index is 0.0356. The van der Waals surface area contributed by atoms with Gasteiger partial charge in [0.15, 0.2) is 0 Å². The van der Waals surface area contributed by atoms with Gasteiger partial charge >= 0.3 is 6.03 Å². The molecule has 26 heavy (non-hydrogen) atoms. The average molecular weight is 351 g/mol. The molecule has 1 saturated heterocycles. The molecule has 0 bridgehead atoms. The van der Waals surface area contributed by atoms with Crippen LogP contribution in [0.5, 0.6) is 0 Å². The van der Waals surface area contributed by atoms with Crippen molar-refractivity contribution in [2.24, 2.45) is 0 Å². The molecule has 1 heterocycles. The molecule has 3 amide bonds. The number of carbonyl (C=O) groups is 2. The maximum Gasteiger partial charge on any atom is 0.319 e. The molecule has 0 spiro atoms. The summed E-state index contributed by atoms with van der Waals surface area (Å²) in [7, 11) is 0. The van der Waals surface area contributed by atoms with Gasteiger partial charge in [0.05, 0.1) is 0 Å². The molecule has 0 atom stereocenters. The predicted molar refractivity (Wildman–Crippen MR) is 103 cm³/mol. The molecule has 0 saturated carbocycles. The number of urea groups is 1. The maximum absolute atomic E-state index is 12.6. The van der Waals surface area contributed by atoms with Crippen LogP contribution in [0.15, 0.2) is 48.5 Å². The Morgan fingerprint density at radius 3 is 2.46 bits per heavy atom. The zero-order valence-electron chi connectivity index (χ0n) is 15.1. The number of hydrogen-bond donors (Lipinski definition) is 2. The van der Waals surface area contributed by atoms with Crippen molar-refractivity contribution in [2.75, 3.05) is 18.4 Å². The summed E-state index contributed by atoms with van der Waals surface area (Å²) in [5.41, 5.74) is 3.46. The normalized spacial score (nSPS) is 14.0. The lowest BCUT2D eigenvalue weighted by Crippen LogP contribution is -2.35. The van der Waals surface area contributed by atoms with Crippen molar-refractivity contribution in [1.29, 1.82) is 0 Å². The zero-order valence-corrected chi connectivity index (χ0v) is 15.1. The van der Waals surface area contributed by atoms with Crippen LogP contribution in [-0.4, -0.2) is 29.9 Å². The van der Waals surface area contributed by atoms with E-state index in [0.29, 0.717) is 17.8 Å². The molecule has 0 aromatic heterocycles. The van der Waals surface area contributed by atoms with E-state index in [1.807, 2.05) is 36.1 Å². The van der Waals surface area contributed by atoms with Crippen LogP contribution in [0.2, 0.25) is 0 Å². The van der Waals surface area contributed by atoms with Crippen LogP contribution in [0.3, 0.4) is 0 Å². The number of rotatable bonds is 4. The van der Waals surface area contributed by atoms with Gasteiger partial charge in [-0.25, -0.2) is 4.79 Å². The standard InChI is InChI=1S/C21H25N3O2/c1-16-8-10-17(11-9-16)15-22-21(26)23-19-7-5-6-18(14-19)20(25)24-12-3-2-4-13-24/h5-11,14H,2-4,12-13,15H2,1H3,(H2,22,23,26). The van der Waals surface area contributed by atoms with Gasteiger partial charge in [0.25, 0.3) is 5.91 Å². The largest absolute Gasteiger partial charge is 0.339 e. The summed E-state index contributed by atoms with van der Waals surface area (Å²) >= 11 is 0. The highest BCUT2D eigenvalue weighted by Gasteiger charge is 2.18. The number of hydrogen-bond acceptors (Lipinski definition) is 2. The maximum atomic E-state index is 12.6. The van der Waals surface area contributed by atoms with Crippen molar-refractivity contribution >= 4 is 17.6 Å². The summed E-state index contributed by atoms with van der Waals surface area (Å²) in [5.74, 6) is 0.0356. The van der Waals surface area contributed by atoms with Gasteiger partial charge in [0.1, 0.15) is 0 Å². The fraction of sp³-hybridized carbons (Fsp3) is 0.333. The third-order valence-electron chi connectivity index (χ3n) is 4.58. The Morgan fingerprint density at radius 2 is 1.73 bits per heavy atom. The number of benzene rings is 2. The van der Waals surface area contributed by atoms with Crippen LogP contribution in [0, 0.1) is 6.92 Å². The molecule has 2 aromatic carbocycles. The minimum Gasteiger partial charge on any atom is -0.339 e. The second kappa shape index (κ2) is 8.52. The van der Waals surface area contributed by atoms with Crippen molar-refractivity contribution in [1.82, 2.24) is 10.2 Å². The third-order valence-corrected chi connectivity index (χ3v) is 4.58. The highest BCUT2D eigenvalue weighted by Crippen LogP contribution is 2.16.